The van der Waals surface area contributed by atoms with E-state index in [0.29, 0.717) is 4.57 Å². The van der Waals surface area contributed by atoms with E-state index in [-0.39, 0.29) is 5.56 Å². The molecule has 20 heavy (non-hydrogen) atoms. The smallest absolute Gasteiger partial charge is 0.332 e. The molecule has 1 aliphatic heterocycles. The van der Waals surface area contributed by atoms with E-state index < -0.39 is 48.7 Å². The van der Waals surface area contributed by atoms with E-state index >= 15 is 0 Å². The lowest BCUT2D eigenvalue weighted by molar-refractivity contribution is -0.291. The van der Waals surface area contributed by atoms with Crippen molar-refractivity contribution < 1.29 is 30.3 Å². The lowest BCUT2D eigenvalue weighted by Gasteiger charge is -2.27. The molecule has 1 aromatic rings. The molecular formula is C10H14N2O8. The van der Waals surface area contributed by atoms with Gasteiger partial charge in [0.15, 0.2) is 6.10 Å². The molecule has 2 rings (SSSR count). The molecule has 0 bridgehead atoms. The largest absolute Gasteiger partial charge is 0.394 e. The highest BCUT2D eigenvalue weighted by Gasteiger charge is 2.55. The Bertz CT molecular complexity index is 610. The first-order valence-electron chi connectivity index (χ1n) is 5.68. The van der Waals surface area contributed by atoms with Gasteiger partial charge in [-0.25, -0.2) is 9.36 Å². The summed E-state index contributed by atoms with van der Waals surface area (Å²) in [5, 5.41) is 47.5. The number of rotatable bonds is 3. The van der Waals surface area contributed by atoms with Crippen LogP contribution in [0.25, 0.3) is 0 Å². The van der Waals surface area contributed by atoms with Crippen LogP contribution in [0.4, 0.5) is 0 Å². The van der Waals surface area contributed by atoms with Gasteiger partial charge in [-0.05, 0) is 0 Å². The summed E-state index contributed by atoms with van der Waals surface area (Å²) in [6.45, 7) is -1.42. The maximum absolute atomic E-state index is 11.7. The van der Waals surface area contributed by atoms with Gasteiger partial charge in [0, 0.05) is 6.20 Å². The average Bonchev–Trinajstić information content (AvgIpc) is 2.64. The van der Waals surface area contributed by atoms with Crippen molar-refractivity contribution in [2.75, 3.05) is 6.61 Å². The van der Waals surface area contributed by atoms with E-state index in [1.807, 2.05) is 4.98 Å². The SMILES string of the molecule is O=c1[nH]c(=O)n([C@]2(O)O[C@H](CO)[C@@H](O)[C@H]2O)cc1CO. The van der Waals surface area contributed by atoms with Gasteiger partial charge in [0.1, 0.15) is 12.2 Å². The summed E-state index contributed by atoms with van der Waals surface area (Å²) in [5.74, 6) is -2.67. The van der Waals surface area contributed by atoms with Crippen molar-refractivity contribution in [1.82, 2.24) is 9.55 Å². The molecule has 0 aliphatic carbocycles. The van der Waals surface area contributed by atoms with Crippen molar-refractivity contribution in [3.63, 3.8) is 0 Å². The van der Waals surface area contributed by atoms with Crippen LogP contribution in [-0.4, -0.2) is 60.0 Å². The third-order valence-electron chi connectivity index (χ3n) is 3.13. The molecule has 10 heteroatoms. The predicted octanol–water partition coefficient (Wildman–Crippen LogP) is -4.26. The molecule has 0 unspecified atom stereocenters. The zero-order valence-corrected chi connectivity index (χ0v) is 10.1. The summed E-state index contributed by atoms with van der Waals surface area (Å²) in [6.07, 6.45) is -4.08. The van der Waals surface area contributed by atoms with Gasteiger partial charge >= 0.3 is 5.69 Å². The maximum Gasteiger partial charge on any atom is 0.332 e. The number of nitrogens with zero attached hydrogens (tertiary/aromatic N) is 1. The number of nitrogens with one attached hydrogen (secondary N) is 1. The first-order valence-corrected chi connectivity index (χ1v) is 5.68. The van der Waals surface area contributed by atoms with Crippen molar-refractivity contribution in [3.05, 3.63) is 32.6 Å². The summed E-state index contributed by atoms with van der Waals surface area (Å²) in [5.41, 5.74) is -2.22. The Morgan fingerprint density at radius 2 is 2.00 bits per heavy atom. The molecule has 10 nitrogen and oxygen atoms in total. The molecule has 0 amide bonds. The minimum absolute atomic E-state index is 0.254. The molecular weight excluding hydrogens is 276 g/mol. The van der Waals surface area contributed by atoms with E-state index in [9.17, 15) is 24.9 Å². The minimum Gasteiger partial charge on any atom is -0.394 e. The Balaban J connectivity index is 2.56. The van der Waals surface area contributed by atoms with Gasteiger partial charge in [-0.2, -0.15) is 0 Å². The van der Waals surface area contributed by atoms with Crippen molar-refractivity contribution in [2.24, 2.45) is 0 Å². The Hall–Kier alpha value is -1.56. The Morgan fingerprint density at radius 3 is 2.50 bits per heavy atom. The zero-order valence-electron chi connectivity index (χ0n) is 10.1. The van der Waals surface area contributed by atoms with E-state index in [4.69, 9.17) is 14.9 Å². The number of aliphatic hydroxyl groups is 5. The van der Waals surface area contributed by atoms with Crippen LogP contribution < -0.4 is 11.2 Å². The van der Waals surface area contributed by atoms with Crippen LogP contribution in [0.2, 0.25) is 0 Å². The highest BCUT2D eigenvalue weighted by atomic mass is 16.7. The molecule has 0 spiro atoms. The second kappa shape index (κ2) is 5.09. The van der Waals surface area contributed by atoms with E-state index in [2.05, 4.69) is 0 Å². The van der Waals surface area contributed by atoms with Crippen molar-refractivity contribution in [1.29, 1.82) is 0 Å². The lowest BCUT2D eigenvalue weighted by atomic mass is 10.1. The normalized spacial score (nSPS) is 33.5. The molecule has 0 radical (unpaired) electrons. The first-order chi connectivity index (χ1) is 9.35. The van der Waals surface area contributed by atoms with Crippen LogP contribution in [0.5, 0.6) is 0 Å². The molecule has 6 N–H and O–H groups in total. The van der Waals surface area contributed by atoms with Crippen molar-refractivity contribution in [2.45, 2.75) is 30.8 Å². The van der Waals surface area contributed by atoms with E-state index in [1.165, 1.54) is 0 Å². The van der Waals surface area contributed by atoms with Gasteiger partial charge in [-0.3, -0.25) is 9.78 Å². The topological polar surface area (TPSA) is 165 Å². The van der Waals surface area contributed by atoms with E-state index in [0.717, 1.165) is 6.20 Å². The number of ether oxygens (including phenoxy) is 1. The quantitative estimate of drug-likeness (QED) is 0.325. The molecule has 112 valence electrons. The standard InChI is InChI=1S/C10H14N2O8/c13-2-4-1-12(9(18)11-8(4)17)10(19)7(16)6(15)5(3-14)20-10/h1,5-7,13-16,19H,2-3H2,(H,11,17,18)/t5-,6-,7-,10-/m1/s1. The summed E-state index contributed by atoms with van der Waals surface area (Å²) in [4.78, 5) is 24.8. The van der Waals surface area contributed by atoms with Crippen LogP contribution in [0, 0.1) is 0 Å². The van der Waals surface area contributed by atoms with Crippen LogP contribution in [0.15, 0.2) is 15.8 Å². The van der Waals surface area contributed by atoms with Crippen LogP contribution in [0.1, 0.15) is 5.56 Å². The monoisotopic (exact) mass is 290 g/mol. The maximum atomic E-state index is 11.7. The second-order valence-corrected chi connectivity index (χ2v) is 4.37. The van der Waals surface area contributed by atoms with Crippen LogP contribution in [-0.2, 0) is 17.3 Å². The number of hydrogen-bond donors (Lipinski definition) is 6. The van der Waals surface area contributed by atoms with Gasteiger partial charge in [-0.15, -0.1) is 0 Å². The van der Waals surface area contributed by atoms with Crippen molar-refractivity contribution >= 4 is 0 Å². The Labute approximate surface area is 111 Å². The zero-order chi connectivity index (χ0) is 15.1. The predicted molar refractivity (Wildman–Crippen MR) is 61.4 cm³/mol. The van der Waals surface area contributed by atoms with Crippen molar-refractivity contribution in [3.8, 4) is 0 Å². The first kappa shape index (κ1) is 14.8. The third kappa shape index (κ3) is 2.08. The second-order valence-electron chi connectivity index (χ2n) is 4.37. The fourth-order valence-electron chi connectivity index (χ4n) is 1.99. The number of aromatic nitrogens is 2. The molecule has 1 aromatic heterocycles. The number of hydrogen-bond acceptors (Lipinski definition) is 8. The lowest BCUT2D eigenvalue weighted by Crippen LogP contribution is -2.52. The molecule has 0 aromatic carbocycles. The number of aromatic amines is 1. The van der Waals surface area contributed by atoms with E-state index in [1.54, 1.807) is 0 Å². The molecule has 1 saturated heterocycles. The van der Waals surface area contributed by atoms with Crippen LogP contribution in [0.3, 0.4) is 0 Å². The van der Waals surface area contributed by atoms with Gasteiger partial charge < -0.3 is 30.3 Å². The van der Waals surface area contributed by atoms with Crippen LogP contribution >= 0.6 is 0 Å². The molecule has 2 heterocycles. The minimum atomic E-state index is -2.67. The fraction of sp³-hybridized carbons (Fsp3) is 0.600. The van der Waals surface area contributed by atoms with Gasteiger partial charge in [0.05, 0.1) is 18.8 Å². The highest BCUT2D eigenvalue weighted by molar-refractivity contribution is 5.05. The summed E-state index contributed by atoms with van der Waals surface area (Å²) < 4.78 is 5.33. The highest BCUT2D eigenvalue weighted by Crippen LogP contribution is 2.32. The summed E-state index contributed by atoms with van der Waals surface area (Å²) >= 11 is 0. The number of aliphatic hydroxyl groups excluding tert-OH is 4. The average molecular weight is 290 g/mol. The molecule has 4 atom stereocenters. The third-order valence-corrected chi connectivity index (χ3v) is 3.13. The van der Waals surface area contributed by atoms with Gasteiger partial charge in [-0.1, -0.05) is 0 Å². The molecule has 1 aliphatic rings. The summed E-state index contributed by atoms with van der Waals surface area (Å²) in [6, 6.07) is 0. The Morgan fingerprint density at radius 1 is 1.35 bits per heavy atom. The molecule has 1 fully saturated rings. The fourth-order valence-corrected chi connectivity index (χ4v) is 1.99. The molecule has 0 saturated carbocycles. The van der Waals surface area contributed by atoms with Gasteiger partial charge in [0.2, 0.25) is 0 Å². The van der Waals surface area contributed by atoms with Gasteiger partial charge in [0.25, 0.3) is 11.5 Å². The summed E-state index contributed by atoms with van der Waals surface area (Å²) in [7, 11) is 0. The number of H-pyrrole nitrogens is 1. The Kier molecular flexibility index (Phi) is 3.77.